The summed E-state index contributed by atoms with van der Waals surface area (Å²) in [6.45, 7) is 4.07. The van der Waals surface area contributed by atoms with Crippen LogP contribution in [0.2, 0.25) is 0 Å². The monoisotopic (exact) mass is 392 g/mol. The molecule has 8 nitrogen and oxygen atoms in total. The van der Waals surface area contributed by atoms with E-state index in [1.165, 1.54) is 0 Å². The molecule has 3 rings (SSSR count). The van der Waals surface area contributed by atoms with Crippen molar-refractivity contribution in [2.75, 3.05) is 0 Å². The second-order valence-electron chi connectivity index (χ2n) is 6.74. The summed E-state index contributed by atoms with van der Waals surface area (Å²) in [6, 6.07) is 4.83. The molecule has 2 heterocycles. The van der Waals surface area contributed by atoms with Crippen molar-refractivity contribution in [2.24, 2.45) is 7.05 Å². The van der Waals surface area contributed by atoms with Gasteiger partial charge >= 0.3 is 5.92 Å². The highest BCUT2D eigenvalue weighted by Crippen LogP contribution is 2.24. The standard InChI is InChI=1S/C18H22F2N6O2/c1-5-15(11(2)22-17(27)18(3,19)20)28-13-6-7-14-12(8-13)9-21-26(14)16-10-25(4)24-23-16/h6-11,15H,5H2,1-4H3,(H,22,27)/t11-,15+/m0/s1. The summed E-state index contributed by atoms with van der Waals surface area (Å²) in [6.07, 6.45) is 3.50. The molecule has 28 heavy (non-hydrogen) atoms. The Bertz CT molecular complexity index is 978. The van der Waals surface area contributed by atoms with Crippen LogP contribution in [0.4, 0.5) is 8.78 Å². The van der Waals surface area contributed by atoms with E-state index in [2.05, 4.69) is 20.7 Å². The minimum Gasteiger partial charge on any atom is -0.488 e. The molecule has 3 aromatic rings. The molecule has 0 radical (unpaired) electrons. The van der Waals surface area contributed by atoms with Crippen molar-refractivity contribution in [1.29, 1.82) is 0 Å². The molecule has 1 amide bonds. The third-order valence-electron chi connectivity index (χ3n) is 4.35. The zero-order valence-electron chi connectivity index (χ0n) is 16.1. The van der Waals surface area contributed by atoms with Gasteiger partial charge in [-0.1, -0.05) is 12.1 Å². The number of nitrogens with one attached hydrogen (secondary N) is 1. The maximum absolute atomic E-state index is 13.1. The molecule has 2 aromatic heterocycles. The average Bonchev–Trinajstić information content (AvgIpc) is 3.24. The number of alkyl halides is 2. The normalized spacial score (nSPS) is 14.1. The maximum Gasteiger partial charge on any atom is 0.321 e. The number of carbonyl (C=O) groups excluding carboxylic acids is 1. The van der Waals surface area contributed by atoms with E-state index >= 15 is 0 Å². The third kappa shape index (κ3) is 4.10. The van der Waals surface area contributed by atoms with Crippen LogP contribution in [0.25, 0.3) is 16.7 Å². The molecule has 1 aromatic carbocycles. The van der Waals surface area contributed by atoms with E-state index in [0.717, 1.165) is 10.9 Å². The molecule has 0 aliphatic carbocycles. The fourth-order valence-corrected chi connectivity index (χ4v) is 2.84. The van der Waals surface area contributed by atoms with Gasteiger partial charge in [0.05, 0.1) is 24.0 Å². The number of nitrogens with zero attached hydrogens (tertiary/aromatic N) is 5. The molecular weight excluding hydrogens is 370 g/mol. The van der Waals surface area contributed by atoms with E-state index in [0.29, 0.717) is 24.9 Å². The van der Waals surface area contributed by atoms with Gasteiger partial charge in [0.25, 0.3) is 5.91 Å². The molecule has 1 N–H and O–H groups in total. The van der Waals surface area contributed by atoms with Gasteiger partial charge in [-0.05, 0) is 31.5 Å². The van der Waals surface area contributed by atoms with Crippen molar-refractivity contribution in [2.45, 2.75) is 45.3 Å². The van der Waals surface area contributed by atoms with Crippen molar-refractivity contribution < 1.29 is 18.3 Å². The van der Waals surface area contributed by atoms with Crippen LogP contribution in [0.15, 0.2) is 30.6 Å². The van der Waals surface area contributed by atoms with Crippen molar-refractivity contribution >= 4 is 16.8 Å². The van der Waals surface area contributed by atoms with Gasteiger partial charge in [0, 0.05) is 19.4 Å². The predicted molar refractivity (Wildman–Crippen MR) is 98.6 cm³/mol. The van der Waals surface area contributed by atoms with Gasteiger partial charge in [-0.25, -0.2) is 4.68 Å². The van der Waals surface area contributed by atoms with Crippen LogP contribution in [0.5, 0.6) is 5.75 Å². The highest BCUT2D eigenvalue weighted by Gasteiger charge is 2.34. The number of fused-ring (bicyclic) bond motifs is 1. The Morgan fingerprint density at radius 2 is 2.14 bits per heavy atom. The lowest BCUT2D eigenvalue weighted by Crippen LogP contribution is -2.48. The number of aromatic nitrogens is 5. The molecule has 0 spiro atoms. The van der Waals surface area contributed by atoms with Gasteiger partial charge < -0.3 is 10.1 Å². The molecule has 0 aliphatic heterocycles. The molecule has 0 bridgehead atoms. The second kappa shape index (κ2) is 7.53. The first-order valence-corrected chi connectivity index (χ1v) is 8.89. The first-order chi connectivity index (χ1) is 13.2. The molecular formula is C18H22F2N6O2. The number of rotatable bonds is 7. The number of amides is 1. The molecule has 2 atom stereocenters. The summed E-state index contributed by atoms with van der Waals surface area (Å²) in [5.41, 5.74) is 0.827. The lowest BCUT2D eigenvalue weighted by Gasteiger charge is -2.26. The van der Waals surface area contributed by atoms with Crippen molar-refractivity contribution in [1.82, 2.24) is 30.1 Å². The Labute approximate surface area is 160 Å². The van der Waals surface area contributed by atoms with Crippen molar-refractivity contribution in [3.05, 3.63) is 30.6 Å². The molecule has 0 aliphatic rings. The van der Waals surface area contributed by atoms with Gasteiger partial charge in [-0.15, -0.1) is 5.10 Å². The quantitative estimate of drug-likeness (QED) is 0.668. The summed E-state index contributed by atoms with van der Waals surface area (Å²) in [5, 5.41) is 15.4. The Morgan fingerprint density at radius 3 is 2.75 bits per heavy atom. The molecule has 0 unspecified atom stereocenters. The number of halogens is 2. The van der Waals surface area contributed by atoms with E-state index in [1.54, 1.807) is 47.9 Å². The first kappa shape index (κ1) is 19.7. The summed E-state index contributed by atoms with van der Waals surface area (Å²) < 4.78 is 35.4. The van der Waals surface area contributed by atoms with Gasteiger partial charge in [-0.3, -0.25) is 9.48 Å². The molecule has 150 valence electrons. The SMILES string of the molecule is CC[C@@H](Oc1ccc2c(cnn2-c2cn(C)nn2)c1)[C@H](C)NC(=O)C(C)(F)F. The largest absolute Gasteiger partial charge is 0.488 e. The zero-order valence-corrected chi connectivity index (χ0v) is 16.1. The number of benzene rings is 1. The summed E-state index contributed by atoms with van der Waals surface area (Å²) >= 11 is 0. The number of ether oxygens (including phenoxy) is 1. The first-order valence-electron chi connectivity index (χ1n) is 8.89. The molecule has 10 heteroatoms. The van der Waals surface area contributed by atoms with E-state index in [9.17, 15) is 13.6 Å². The van der Waals surface area contributed by atoms with Gasteiger partial charge in [0.15, 0.2) is 5.82 Å². The van der Waals surface area contributed by atoms with Crippen LogP contribution in [0.1, 0.15) is 27.2 Å². The Kier molecular flexibility index (Phi) is 5.30. The molecule has 0 fully saturated rings. The fraction of sp³-hybridized carbons (Fsp3) is 0.444. The Hall–Kier alpha value is -3.04. The van der Waals surface area contributed by atoms with Crippen LogP contribution >= 0.6 is 0 Å². The number of hydrogen-bond donors (Lipinski definition) is 1. The van der Waals surface area contributed by atoms with Crippen molar-refractivity contribution in [3.63, 3.8) is 0 Å². The van der Waals surface area contributed by atoms with Crippen LogP contribution in [-0.4, -0.2) is 48.7 Å². The number of carbonyl (C=O) groups is 1. The minimum atomic E-state index is -3.43. The van der Waals surface area contributed by atoms with Crippen LogP contribution in [-0.2, 0) is 11.8 Å². The van der Waals surface area contributed by atoms with Crippen molar-refractivity contribution in [3.8, 4) is 11.6 Å². The highest BCUT2D eigenvalue weighted by molar-refractivity contribution is 5.83. The molecule has 0 saturated carbocycles. The number of aryl methyl sites for hydroxylation is 1. The van der Waals surface area contributed by atoms with E-state index in [-0.39, 0.29) is 0 Å². The zero-order chi connectivity index (χ0) is 20.5. The van der Waals surface area contributed by atoms with Crippen LogP contribution < -0.4 is 10.1 Å². The minimum absolute atomic E-state index is 0.459. The highest BCUT2D eigenvalue weighted by atomic mass is 19.3. The maximum atomic E-state index is 13.1. The Morgan fingerprint density at radius 1 is 1.39 bits per heavy atom. The van der Waals surface area contributed by atoms with E-state index in [1.807, 2.05) is 13.0 Å². The third-order valence-corrected chi connectivity index (χ3v) is 4.35. The fourth-order valence-electron chi connectivity index (χ4n) is 2.84. The van der Waals surface area contributed by atoms with Gasteiger partial charge in [-0.2, -0.15) is 13.9 Å². The topological polar surface area (TPSA) is 86.9 Å². The summed E-state index contributed by atoms with van der Waals surface area (Å²) in [4.78, 5) is 11.5. The van der Waals surface area contributed by atoms with Crippen LogP contribution in [0.3, 0.4) is 0 Å². The van der Waals surface area contributed by atoms with Crippen LogP contribution in [0, 0.1) is 0 Å². The summed E-state index contributed by atoms with van der Waals surface area (Å²) in [7, 11) is 1.77. The summed E-state index contributed by atoms with van der Waals surface area (Å²) in [5.74, 6) is -3.60. The van der Waals surface area contributed by atoms with Gasteiger partial charge in [0.1, 0.15) is 11.9 Å². The lowest BCUT2D eigenvalue weighted by molar-refractivity contribution is -0.144. The molecule has 0 saturated heterocycles. The van der Waals surface area contributed by atoms with E-state index in [4.69, 9.17) is 4.74 Å². The Balaban J connectivity index is 1.77. The average molecular weight is 392 g/mol. The van der Waals surface area contributed by atoms with E-state index < -0.39 is 24.0 Å². The smallest absolute Gasteiger partial charge is 0.321 e. The number of hydrogen-bond acceptors (Lipinski definition) is 5. The van der Waals surface area contributed by atoms with Gasteiger partial charge in [0.2, 0.25) is 0 Å². The predicted octanol–water partition coefficient (Wildman–Crippen LogP) is 2.47. The lowest BCUT2D eigenvalue weighted by atomic mass is 10.1. The second-order valence-corrected chi connectivity index (χ2v) is 6.74.